The Morgan fingerprint density at radius 1 is 1.34 bits per heavy atom. The van der Waals surface area contributed by atoms with Gasteiger partial charge in [0.2, 0.25) is 17.7 Å². The molecule has 0 bridgehead atoms. The van der Waals surface area contributed by atoms with Gasteiger partial charge in [-0.3, -0.25) is 14.4 Å². The Hall–Kier alpha value is -3.19. The van der Waals surface area contributed by atoms with E-state index >= 15 is 0 Å². The summed E-state index contributed by atoms with van der Waals surface area (Å²) >= 11 is 6.21. The summed E-state index contributed by atoms with van der Waals surface area (Å²) in [6, 6.07) is 6.90. The number of fused-ring (bicyclic) bond motifs is 1. The van der Waals surface area contributed by atoms with Crippen molar-refractivity contribution in [2.45, 2.75) is 50.1 Å². The summed E-state index contributed by atoms with van der Waals surface area (Å²) in [6.45, 7) is 0.538. The van der Waals surface area contributed by atoms with Gasteiger partial charge in [0.25, 0.3) is 5.91 Å². The van der Waals surface area contributed by atoms with E-state index in [4.69, 9.17) is 11.6 Å². The Morgan fingerprint density at radius 3 is 2.74 bits per heavy atom. The minimum atomic E-state index is -2.82. The first-order chi connectivity index (χ1) is 16.6. The van der Waals surface area contributed by atoms with E-state index in [0.29, 0.717) is 28.9 Å². The predicted molar refractivity (Wildman–Crippen MR) is 123 cm³/mol. The lowest BCUT2D eigenvalue weighted by Crippen LogP contribution is -2.49. The third kappa shape index (κ3) is 4.33. The molecule has 3 amide bonds. The van der Waals surface area contributed by atoms with E-state index in [2.05, 4.69) is 15.6 Å². The first-order valence-electron chi connectivity index (χ1n) is 11.5. The number of aromatic nitrogens is 1. The van der Waals surface area contributed by atoms with E-state index in [1.165, 1.54) is 4.90 Å². The maximum Gasteiger partial charge on any atom is 0.271 e. The van der Waals surface area contributed by atoms with Gasteiger partial charge in [0.15, 0.2) is 0 Å². The van der Waals surface area contributed by atoms with Gasteiger partial charge in [-0.05, 0) is 31.4 Å². The van der Waals surface area contributed by atoms with Gasteiger partial charge in [-0.2, -0.15) is 5.26 Å². The normalized spacial score (nSPS) is 25.2. The number of hydrogen-bond donors (Lipinski definition) is 3. The smallest absolute Gasteiger partial charge is 0.271 e. The molecule has 11 heteroatoms. The molecule has 0 radical (unpaired) electrons. The second kappa shape index (κ2) is 8.48. The van der Waals surface area contributed by atoms with Crippen LogP contribution in [0.5, 0.6) is 0 Å². The van der Waals surface area contributed by atoms with Crippen LogP contribution in [0.25, 0.3) is 10.9 Å². The van der Waals surface area contributed by atoms with Gasteiger partial charge in [-0.15, -0.1) is 0 Å². The number of nitriles is 1. The Morgan fingerprint density at radius 2 is 2.11 bits per heavy atom. The summed E-state index contributed by atoms with van der Waals surface area (Å²) in [7, 11) is 0. The molecule has 1 aromatic heterocycles. The molecule has 2 aromatic rings. The molecule has 184 valence electrons. The highest BCUT2D eigenvalue weighted by Crippen LogP contribution is 2.58. The molecule has 2 saturated heterocycles. The highest BCUT2D eigenvalue weighted by molar-refractivity contribution is 6.35. The summed E-state index contributed by atoms with van der Waals surface area (Å²) in [5.41, 5.74) is -0.0753. The van der Waals surface area contributed by atoms with Crippen molar-refractivity contribution >= 4 is 40.2 Å². The molecule has 2 aliphatic heterocycles. The molecule has 35 heavy (non-hydrogen) atoms. The fourth-order valence-electron chi connectivity index (χ4n) is 5.76. The number of aromatic amines is 1. The minimum absolute atomic E-state index is 0.0187. The lowest BCUT2D eigenvalue weighted by atomic mass is 9.65. The lowest BCUT2D eigenvalue weighted by Gasteiger charge is -2.44. The largest absolute Gasteiger partial charge is 0.356 e. The summed E-state index contributed by atoms with van der Waals surface area (Å²) in [6.07, 6.45) is 0.0236. The Labute approximate surface area is 205 Å². The number of carbonyl (C=O) groups excluding carboxylic acids is 3. The average molecular weight is 504 g/mol. The molecule has 1 spiro atoms. The van der Waals surface area contributed by atoms with E-state index < -0.39 is 48.1 Å². The van der Waals surface area contributed by atoms with Crippen molar-refractivity contribution in [3.05, 3.63) is 35.0 Å². The van der Waals surface area contributed by atoms with Gasteiger partial charge in [-0.1, -0.05) is 23.7 Å². The van der Waals surface area contributed by atoms with Crippen LogP contribution in [0.15, 0.2) is 24.3 Å². The number of hydrogen-bond acceptors (Lipinski definition) is 4. The summed E-state index contributed by atoms with van der Waals surface area (Å²) < 4.78 is 27.6. The van der Waals surface area contributed by atoms with Crippen molar-refractivity contribution in [2.75, 3.05) is 13.1 Å². The topological polar surface area (TPSA) is 118 Å². The number of rotatable bonds is 5. The molecule has 3 N–H and O–H groups in total. The number of benzene rings is 1. The quantitative estimate of drug-likeness (QED) is 0.581. The van der Waals surface area contributed by atoms with Gasteiger partial charge in [0, 0.05) is 42.7 Å². The lowest BCUT2D eigenvalue weighted by molar-refractivity contribution is -0.155. The Bertz CT molecular complexity index is 1250. The van der Waals surface area contributed by atoms with Crippen LogP contribution in [0.4, 0.5) is 8.78 Å². The van der Waals surface area contributed by atoms with Crippen LogP contribution in [-0.2, 0) is 9.59 Å². The second-order valence-corrected chi connectivity index (χ2v) is 10.4. The van der Waals surface area contributed by atoms with Crippen LogP contribution < -0.4 is 10.6 Å². The number of amides is 3. The van der Waals surface area contributed by atoms with Crippen molar-refractivity contribution in [3.63, 3.8) is 0 Å². The SMILES string of the molecule is N#C[C@H](C[C@@H]1CCNC1=O)NC(=O)C1CC2(CN1C(=O)c1cc3cccc(Cl)c3[nH]1)CC(F)(F)C2. The molecule has 3 aliphatic rings. The summed E-state index contributed by atoms with van der Waals surface area (Å²) in [4.78, 5) is 42.9. The maximum atomic E-state index is 13.8. The van der Waals surface area contributed by atoms with E-state index in [1.54, 1.807) is 24.3 Å². The molecule has 3 fully saturated rings. The number of para-hydroxylation sites is 1. The van der Waals surface area contributed by atoms with Crippen LogP contribution >= 0.6 is 11.6 Å². The minimum Gasteiger partial charge on any atom is -0.356 e. The van der Waals surface area contributed by atoms with Crippen molar-refractivity contribution in [1.29, 1.82) is 5.26 Å². The molecule has 5 rings (SSSR count). The van der Waals surface area contributed by atoms with Gasteiger partial charge < -0.3 is 20.5 Å². The van der Waals surface area contributed by atoms with Crippen molar-refractivity contribution in [2.24, 2.45) is 11.3 Å². The van der Waals surface area contributed by atoms with Crippen LogP contribution in [0.2, 0.25) is 5.02 Å². The molecule has 3 atom stereocenters. The van der Waals surface area contributed by atoms with Gasteiger partial charge >= 0.3 is 0 Å². The number of nitrogens with one attached hydrogen (secondary N) is 3. The van der Waals surface area contributed by atoms with Crippen LogP contribution in [0.1, 0.15) is 42.6 Å². The third-order valence-corrected chi connectivity index (χ3v) is 7.65. The standard InChI is InChI=1S/C24H24ClF2N5O3/c25-16-3-1-2-13-7-17(31-19(13)16)22(35)32-12-23(10-24(26,27)11-23)8-18(32)21(34)30-15(9-28)6-14-4-5-29-20(14)33/h1-3,7,14-15,18,31H,4-6,8,10-12H2,(H,29,33)(H,30,34)/t14-,15-,18?/m0/s1. The van der Waals surface area contributed by atoms with Crippen molar-refractivity contribution in [1.82, 2.24) is 20.5 Å². The average Bonchev–Trinajstić information content (AvgIpc) is 3.50. The maximum absolute atomic E-state index is 13.8. The van der Waals surface area contributed by atoms with Crippen LogP contribution in [0.3, 0.4) is 0 Å². The van der Waals surface area contributed by atoms with Crippen LogP contribution in [-0.4, -0.2) is 58.7 Å². The Kier molecular flexibility index (Phi) is 5.71. The molecule has 3 heterocycles. The number of halogens is 3. The predicted octanol–water partition coefficient (Wildman–Crippen LogP) is 2.99. The second-order valence-electron chi connectivity index (χ2n) is 9.95. The highest BCUT2D eigenvalue weighted by Gasteiger charge is 2.62. The zero-order valence-electron chi connectivity index (χ0n) is 18.7. The zero-order valence-corrected chi connectivity index (χ0v) is 19.5. The third-order valence-electron chi connectivity index (χ3n) is 7.33. The number of likely N-dealkylation sites (tertiary alicyclic amines) is 1. The monoisotopic (exact) mass is 503 g/mol. The van der Waals surface area contributed by atoms with Gasteiger partial charge in [-0.25, -0.2) is 8.78 Å². The first-order valence-corrected chi connectivity index (χ1v) is 11.9. The van der Waals surface area contributed by atoms with Crippen LogP contribution in [0, 0.1) is 22.7 Å². The molecular weight excluding hydrogens is 480 g/mol. The van der Waals surface area contributed by atoms with E-state index in [0.717, 1.165) is 0 Å². The molecular formula is C24H24ClF2N5O3. The van der Waals surface area contributed by atoms with Crippen molar-refractivity contribution in [3.8, 4) is 6.07 Å². The summed E-state index contributed by atoms with van der Waals surface area (Å²) in [5, 5.41) is 16.0. The fraction of sp³-hybridized carbons (Fsp3) is 0.500. The fourth-order valence-corrected chi connectivity index (χ4v) is 5.99. The van der Waals surface area contributed by atoms with E-state index in [9.17, 15) is 28.4 Å². The molecule has 8 nitrogen and oxygen atoms in total. The number of H-pyrrole nitrogens is 1. The number of nitrogens with zero attached hydrogens (tertiary/aromatic N) is 2. The van der Waals surface area contributed by atoms with E-state index in [1.807, 2.05) is 6.07 Å². The Balaban J connectivity index is 1.38. The van der Waals surface area contributed by atoms with E-state index in [-0.39, 0.29) is 36.9 Å². The highest BCUT2D eigenvalue weighted by atomic mass is 35.5. The first kappa shape index (κ1) is 23.5. The van der Waals surface area contributed by atoms with Gasteiger partial charge in [0.05, 0.1) is 16.6 Å². The number of carbonyl (C=O) groups is 3. The van der Waals surface area contributed by atoms with Gasteiger partial charge in [0.1, 0.15) is 17.8 Å². The molecule has 1 aromatic carbocycles. The molecule has 1 unspecified atom stereocenters. The van der Waals surface area contributed by atoms with Crippen molar-refractivity contribution < 1.29 is 23.2 Å². The zero-order chi connectivity index (χ0) is 25.0. The number of alkyl halides is 2. The summed E-state index contributed by atoms with van der Waals surface area (Å²) in [5.74, 6) is -4.43. The molecule has 1 saturated carbocycles. The molecule has 1 aliphatic carbocycles.